The van der Waals surface area contributed by atoms with Crippen molar-refractivity contribution in [3.8, 4) is 5.75 Å². The van der Waals surface area contributed by atoms with Gasteiger partial charge in [0.25, 0.3) is 0 Å². The van der Waals surface area contributed by atoms with Gasteiger partial charge < -0.3 is 9.84 Å². The Kier molecular flexibility index (Phi) is 10.9. The summed E-state index contributed by atoms with van der Waals surface area (Å²) in [6.07, 6.45) is 15.7. The van der Waals surface area contributed by atoms with Crippen LogP contribution in [0, 0.1) is 5.92 Å². The van der Waals surface area contributed by atoms with E-state index in [2.05, 4.69) is 88.4 Å². The number of allylic oxidation sites excluding steroid dienone is 2. The number of ether oxygens (including phenoxy) is 1. The van der Waals surface area contributed by atoms with Gasteiger partial charge in [-0.2, -0.15) is 0 Å². The quantitative estimate of drug-likeness (QED) is 0.231. The topological polar surface area (TPSA) is 29.5 Å². The normalized spacial score (nSPS) is 20.9. The Morgan fingerprint density at radius 2 is 1.77 bits per heavy atom. The zero-order valence-electron chi connectivity index (χ0n) is 22.6. The first-order valence-corrected chi connectivity index (χ1v) is 14.1. The third-order valence-corrected chi connectivity index (χ3v) is 7.89. The number of benzene rings is 2. The number of hydrogen-bond acceptors (Lipinski definition) is 2. The third-order valence-electron chi connectivity index (χ3n) is 7.89. The number of aliphatic hydroxyl groups excluding tert-OH is 1. The number of unbranched alkanes of at least 4 members (excludes halogenated alkanes) is 3. The van der Waals surface area contributed by atoms with E-state index in [-0.39, 0.29) is 11.5 Å². The Bertz CT molecular complexity index is 899. The predicted molar refractivity (Wildman–Crippen MR) is 149 cm³/mol. The summed E-state index contributed by atoms with van der Waals surface area (Å²) in [5.41, 5.74) is 3.94. The number of aliphatic hydroxyl groups is 1. The van der Waals surface area contributed by atoms with Crippen molar-refractivity contribution < 1.29 is 9.84 Å². The van der Waals surface area contributed by atoms with Gasteiger partial charge in [-0.1, -0.05) is 108 Å². The Balaban J connectivity index is 1.89. The van der Waals surface area contributed by atoms with Gasteiger partial charge in [-0.15, -0.1) is 0 Å². The van der Waals surface area contributed by atoms with E-state index in [4.69, 9.17) is 4.74 Å². The fourth-order valence-corrected chi connectivity index (χ4v) is 5.57. The van der Waals surface area contributed by atoms with Gasteiger partial charge in [0.2, 0.25) is 0 Å². The lowest BCUT2D eigenvalue weighted by molar-refractivity contribution is 0.0932. The lowest BCUT2D eigenvalue weighted by Crippen LogP contribution is -2.27. The summed E-state index contributed by atoms with van der Waals surface area (Å²) >= 11 is 0. The number of hydrogen-bond donors (Lipinski definition) is 1. The van der Waals surface area contributed by atoms with Crippen LogP contribution in [-0.4, -0.2) is 11.2 Å². The molecule has 0 aliphatic heterocycles. The molecule has 1 aliphatic rings. The molecule has 3 atom stereocenters. The van der Waals surface area contributed by atoms with Crippen LogP contribution in [0.1, 0.15) is 115 Å². The molecule has 1 N–H and O–H groups in total. The second-order valence-corrected chi connectivity index (χ2v) is 11.2. The molecule has 0 aromatic heterocycles. The van der Waals surface area contributed by atoms with Crippen LogP contribution in [0.3, 0.4) is 0 Å². The molecular formula is C33H48O2. The van der Waals surface area contributed by atoms with E-state index in [0.717, 1.165) is 37.9 Å². The van der Waals surface area contributed by atoms with Crippen LogP contribution in [-0.2, 0) is 12.0 Å². The first-order chi connectivity index (χ1) is 16.9. The van der Waals surface area contributed by atoms with Crippen molar-refractivity contribution in [3.63, 3.8) is 0 Å². The van der Waals surface area contributed by atoms with Crippen LogP contribution in [0.25, 0.3) is 0 Å². The van der Waals surface area contributed by atoms with E-state index >= 15 is 0 Å². The van der Waals surface area contributed by atoms with Crippen LogP contribution in [0.4, 0.5) is 0 Å². The smallest absolute Gasteiger partial charge is 0.123 e. The summed E-state index contributed by atoms with van der Waals surface area (Å²) in [5, 5.41) is 10.6. The highest BCUT2D eigenvalue weighted by Gasteiger charge is 2.33. The fourth-order valence-electron chi connectivity index (χ4n) is 5.57. The molecule has 0 heterocycles. The maximum Gasteiger partial charge on any atom is 0.123 e. The molecule has 35 heavy (non-hydrogen) atoms. The molecule has 0 spiro atoms. The SMILES string of the molecule is CCC=CC[C@@H]1CC[C@@H](O)C[C@H]1c1ccc(C(C)(C)CCCCCC)cc1OCc1ccccc1. The Morgan fingerprint density at radius 1 is 0.971 bits per heavy atom. The molecule has 0 unspecified atom stereocenters. The summed E-state index contributed by atoms with van der Waals surface area (Å²) in [5.74, 6) is 1.89. The van der Waals surface area contributed by atoms with Gasteiger partial charge in [-0.05, 0) is 78.5 Å². The molecule has 0 saturated heterocycles. The largest absolute Gasteiger partial charge is 0.489 e. The Morgan fingerprint density at radius 3 is 2.51 bits per heavy atom. The van der Waals surface area contributed by atoms with E-state index in [1.54, 1.807) is 0 Å². The summed E-state index contributed by atoms with van der Waals surface area (Å²) in [6, 6.07) is 17.4. The van der Waals surface area contributed by atoms with Gasteiger partial charge in [-0.3, -0.25) is 0 Å². The van der Waals surface area contributed by atoms with Crippen LogP contribution >= 0.6 is 0 Å². The average molecular weight is 477 g/mol. The second kappa shape index (κ2) is 13.9. The summed E-state index contributed by atoms with van der Waals surface area (Å²) in [7, 11) is 0. The van der Waals surface area contributed by atoms with Crippen molar-refractivity contribution in [1.82, 2.24) is 0 Å². The highest BCUT2D eigenvalue weighted by Crippen LogP contribution is 2.45. The van der Waals surface area contributed by atoms with Crippen molar-refractivity contribution in [1.29, 1.82) is 0 Å². The van der Waals surface area contributed by atoms with Gasteiger partial charge in [-0.25, -0.2) is 0 Å². The lowest BCUT2D eigenvalue weighted by Gasteiger charge is -2.36. The van der Waals surface area contributed by atoms with E-state index in [1.165, 1.54) is 48.8 Å². The minimum atomic E-state index is -0.219. The first kappa shape index (κ1) is 27.5. The molecule has 1 saturated carbocycles. The van der Waals surface area contributed by atoms with Crippen molar-refractivity contribution >= 4 is 0 Å². The molecule has 2 aromatic rings. The Labute approximate surface area is 214 Å². The van der Waals surface area contributed by atoms with E-state index < -0.39 is 0 Å². The molecule has 2 nitrogen and oxygen atoms in total. The standard InChI is InChI=1S/C33H48O2/c1-5-7-9-14-22-33(3,4)28-19-21-30(32(23-28)35-25-26-15-12-10-13-16-26)31-24-29(34)20-18-27(31)17-11-8-6-2/h8,10-13,15-16,19,21,23,27,29,31,34H,5-7,9,14,17-18,20,22,24-25H2,1-4H3/t27-,29-,31-/m1/s1. The monoisotopic (exact) mass is 476 g/mol. The predicted octanol–water partition coefficient (Wildman–Crippen LogP) is 9.11. The second-order valence-electron chi connectivity index (χ2n) is 11.2. The molecule has 3 rings (SSSR count). The van der Waals surface area contributed by atoms with E-state index in [9.17, 15) is 5.11 Å². The number of rotatable bonds is 13. The van der Waals surface area contributed by atoms with E-state index in [1.807, 2.05) is 0 Å². The molecule has 2 heteroatoms. The van der Waals surface area contributed by atoms with Crippen LogP contribution in [0.2, 0.25) is 0 Å². The first-order valence-electron chi connectivity index (χ1n) is 14.1. The highest BCUT2D eigenvalue weighted by molar-refractivity contribution is 5.43. The van der Waals surface area contributed by atoms with Crippen molar-refractivity contribution in [2.24, 2.45) is 5.92 Å². The fraction of sp³-hybridized carbons (Fsp3) is 0.576. The molecule has 1 aliphatic carbocycles. The third kappa shape index (κ3) is 8.24. The maximum atomic E-state index is 10.6. The zero-order chi connectivity index (χ0) is 25.1. The molecule has 192 valence electrons. The van der Waals surface area contributed by atoms with Crippen molar-refractivity contribution in [2.75, 3.05) is 0 Å². The van der Waals surface area contributed by atoms with Crippen LogP contribution in [0.15, 0.2) is 60.7 Å². The van der Waals surface area contributed by atoms with Gasteiger partial charge >= 0.3 is 0 Å². The molecule has 1 fully saturated rings. The van der Waals surface area contributed by atoms with Gasteiger partial charge in [0.1, 0.15) is 12.4 Å². The van der Waals surface area contributed by atoms with Gasteiger partial charge in [0.05, 0.1) is 6.10 Å². The maximum absolute atomic E-state index is 10.6. The summed E-state index contributed by atoms with van der Waals surface area (Å²) in [4.78, 5) is 0. The average Bonchev–Trinajstić information content (AvgIpc) is 2.87. The molecule has 0 radical (unpaired) electrons. The highest BCUT2D eigenvalue weighted by atomic mass is 16.5. The van der Waals surface area contributed by atoms with E-state index in [0.29, 0.717) is 18.4 Å². The minimum absolute atomic E-state index is 0.118. The Hall–Kier alpha value is -2.06. The molecule has 2 aromatic carbocycles. The van der Waals surface area contributed by atoms with Crippen molar-refractivity contribution in [3.05, 3.63) is 77.4 Å². The van der Waals surface area contributed by atoms with Crippen LogP contribution < -0.4 is 4.74 Å². The molecule has 0 amide bonds. The molecule has 0 bridgehead atoms. The van der Waals surface area contributed by atoms with Gasteiger partial charge in [0.15, 0.2) is 0 Å². The van der Waals surface area contributed by atoms with Crippen molar-refractivity contribution in [2.45, 2.75) is 116 Å². The zero-order valence-corrected chi connectivity index (χ0v) is 22.6. The van der Waals surface area contributed by atoms with Gasteiger partial charge in [0, 0.05) is 0 Å². The summed E-state index contributed by atoms with van der Waals surface area (Å²) in [6.45, 7) is 9.78. The van der Waals surface area contributed by atoms with Crippen LogP contribution in [0.5, 0.6) is 5.75 Å². The minimum Gasteiger partial charge on any atom is -0.489 e. The molecular weight excluding hydrogens is 428 g/mol. The lowest BCUT2D eigenvalue weighted by atomic mass is 9.71. The summed E-state index contributed by atoms with van der Waals surface area (Å²) < 4.78 is 6.56.